The number of rotatable bonds is 7. The maximum absolute atomic E-state index is 13.2. The summed E-state index contributed by atoms with van der Waals surface area (Å²) in [6.07, 6.45) is 1.46. The molecule has 0 N–H and O–H groups in total. The van der Waals surface area contributed by atoms with Crippen LogP contribution in [0.2, 0.25) is 5.02 Å². The number of para-hydroxylation sites is 1. The highest BCUT2D eigenvalue weighted by Crippen LogP contribution is 2.33. The van der Waals surface area contributed by atoms with Crippen molar-refractivity contribution in [2.45, 2.75) is 38.8 Å². The van der Waals surface area contributed by atoms with Gasteiger partial charge in [0.1, 0.15) is 6.10 Å². The molecule has 3 atom stereocenters. The second-order valence-corrected chi connectivity index (χ2v) is 8.31. The number of carbonyl (C=O) groups is 1. The van der Waals surface area contributed by atoms with Crippen molar-refractivity contribution in [3.05, 3.63) is 65.2 Å². The lowest BCUT2D eigenvalue weighted by Gasteiger charge is -2.43. The number of likely N-dealkylation sites (tertiary alicyclic amines) is 1. The van der Waals surface area contributed by atoms with Crippen molar-refractivity contribution < 1.29 is 9.53 Å². The maximum atomic E-state index is 13.2. The third-order valence-corrected chi connectivity index (χ3v) is 6.21. The molecule has 2 aromatic rings. The number of benzene rings is 2. The molecule has 4 nitrogen and oxygen atoms in total. The van der Waals surface area contributed by atoms with Gasteiger partial charge in [-0.1, -0.05) is 61.0 Å². The highest BCUT2D eigenvalue weighted by atomic mass is 35.5. The second-order valence-electron chi connectivity index (χ2n) is 7.91. The lowest BCUT2D eigenvalue weighted by molar-refractivity contribution is -0.128. The Bertz CT molecular complexity index is 798. The van der Waals surface area contributed by atoms with E-state index in [1.165, 1.54) is 5.56 Å². The summed E-state index contributed by atoms with van der Waals surface area (Å²) < 4.78 is 5.34. The van der Waals surface area contributed by atoms with Crippen molar-refractivity contribution in [3.63, 3.8) is 0 Å². The van der Waals surface area contributed by atoms with Crippen LogP contribution in [0.5, 0.6) is 0 Å². The zero-order valence-corrected chi connectivity index (χ0v) is 18.3. The molecule has 1 unspecified atom stereocenters. The van der Waals surface area contributed by atoms with Crippen molar-refractivity contribution in [1.29, 1.82) is 0 Å². The molecular weight excluding hydrogens is 384 g/mol. The van der Waals surface area contributed by atoms with Gasteiger partial charge in [0.05, 0.1) is 10.7 Å². The topological polar surface area (TPSA) is 32.8 Å². The fourth-order valence-corrected chi connectivity index (χ4v) is 4.37. The minimum atomic E-state index is -0.505. The Hall–Kier alpha value is -1.88. The molecule has 3 rings (SSSR count). The number of halogens is 1. The number of hydrogen-bond donors (Lipinski definition) is 0. The molecule has 29 heavy (non-hydrogen) atoms. The summed E-state index contributed by atoms with van der Waals surface area (Å²) in [5.74, 6) is 0.305. The van der Waals surface area contributed by atoms with Gasteiger partial charge in [-0.25, -0.2) is 0 Å². The summed E-state index contributed by atoms with van der Waals surface area (Å²) >= 11 is 6.48. The first-order chi connectivity index (χ1) is 14.0. The van der Waals surface area contributed by atoms with Crippen LogP contribution in [0, 0.1) is 5.92 Å². The Morgan fingerprint density at radius 1 is 1.21 bits per heavy atom. The summed E-state index contributed by atoms with van der Waals surface area (Å²) in [5.41, 5.74) is 2.14. The summed E-state index contributed by atoms with van der Waals surface area (Å²) in [6, 6.07) is 18.3. The van der Waals surface area contributed by atoms with Gasteiger partial charge in [0, 0.05) is 32.8 Å². The molecule has 5 heteroatoms. The third-order valence-electron chi connectivity index (χ3n) is 5.89. The Morgan fingerprint density at radius 2 is 1.90 bits per heavy atom. The summed E-state index contributed by atoms with van der Waals surface area (Å²) in [7, 11) is 1.57. The van der Waals surface area contributed by atoms with E-state index in [9.17, 15) is 4.79 Å². The van der Waals surface area contributed by atoms with E-state index in [1.807, 2.05) is 29.2 Å². The van der Waals surface area contributed by atoms with Crippen LogP contribution in [-0.4, -0.2) is 49.7 Å². The van der Waals surface area contributed by atoms with E-state index in [1.54, 1.807) is 14.0 Å². The van der Waals surface area contributed by atoms with Gasteiger partial charge < -0.3 is 14.5 Å². The zero-order chi connectivity index (χ0) is 20.8. The van der Waals surface area contributed by atoms with Gasteiger partial charge >= 0.3 is 0 Å². The number of hydrogen-bond acceptors (Lipinski definition) is 3. The van der Waals surface area contributed by atoms with Crippen LogP contribution < -0.4 is 4.90 Å². The number of ether oxygens (including phenoxy) is 1. The first-order valence-corrected chi connectivity index (χ1v) is 10.8. The second kappa shape index (κ2) is 10.2. The van der Waals surface area contributed by atoms with Crippen molar-refractivity contribution >= 4 is 23.2 Å². The third kappa shape index (κ3) is 5.39. The molecule has 0 saturated carbocycles. The predicted octanol–water partition coefficient (Wildman–Crippen LogP) is 4.66. The molecule has 1 heterocycles. The molecule has 1 amide bonds. The quantitative estimate of drug-likeness (QED) is 0.660. The van der Waals surface area contributed by atoms with Crippen molar-refractivity contribution in [2.75, 3.05) is 31.6 Å². The van der Waals surface area contributed by atoms with Crippen LogP contribution in [0.4, 0.5) is 5.69 Å². The van der Waals surface area contributed by atoms with Crippen molar-refractivity contribution in [3.8, 4) is 0 Å². The molecule has 1 aliphatic heterocycles. The largest absolute Gasteiger partial charge is 0.372 e. The molecule has 156 valence electrons. The van der Waals surface area contributed by atoms with Gasteiger partial charge in [-0.15, -0.1) is 0 Å². The average Bonchev–Trinajstić information content (AvgIpc) is 2.75. The molecule has 0 radical (unpaired) electrons. The summed E-state index contributed by atoms with van der Waals surface area (Å²) in [5, 5.41) is 0.600. The molecule has 1 saturated heterocycles. The number of amides is 1. The van der Waals surface area contributed by atoms with Crippen LogP contribution in [0.1, 0.15) is 25.8 Å². The fourth-order valence-electron chi connectivity index (χ4n) is 4.14. The average molecular weight is 415 g/mol. The predicted molar refractivity (Wildman–Crippen MR) is 120 cm³/mol. The number of carbonyl (C=O) groups excluding carboxylic acids is 1. The lowest BCUT2D eigenvalue weighted by Crippen LogP contribution is -2.54. The van der Waals surface area contributed by atoms with E-state index in [4.69, 9.17) is 16.3 Å². The summed E-state index contributed by atoms with van der Waals surface area (Å²) in [6.45, 7) is 7.00. The van der Waals surface area contributed by atoms with Gasteiger partial charge in [-0.3, -0.25) is 4.79 Å². The van der Waals surface area contributed by atoms with E-state index in [-0.39, 0.29) is 11.9 Å². The van der Waals surface area contributed by atoms with Crippen LogP contribution in [-0.2, 0) is 16.0 Å². The summed E-state index contributed by atoms with van der Waals surface area (Å²) in [4.78, 5) is 17.6. The molecule has 0 bridgehead atoms. The minimum Gasteiger partial charge on any atom is -0.372 e. The van der Waals surface area contributed by atoms with Crippen LogP contribution in [0.15, 0.2) is 54.6 Å². The normalized spacial score (nSPS) is 21.0. The van der Waals surface area contributed by atoms with Crippen LogP contribution in [0.25, 0.3) is 0 Å². The first-order valence-electron chi connectivity index (χ1n) is 10.4. The highest BCUT2D eigenvalue weighted by Gasteiger charge is 2.36. The van der Waals surface area contributed by atoms with E-state index in [0.29, 0.717) is 10.9 Å². The molecule has 1 fully saturated rings. The van der Waals surface area contributed by atoms with Gasteiger partial charge in [-0.05, 0) is 43.4 Å². The Balaban J connectivity index is 1.72. The van der Waals surface area contributed by atoms with Gasteiger partial charge in [-0.2, -0.15) is 0 Å². The van der Waals surface area contributed by atoms with E-state index in [0.717, 1.165) is 38.2 Å². The number of anilines is 1. The van der Waals surface area contributed by atoms with Gasteiger partial charge in [0.25, 0.3) is 5.91 Å². The molecule has 0 spiro atoms. The monoisotopic (exact) mass is 414 g/mol. The van der Waals surface area contributed by atoms with E-state index < -0.39 is 6.10 Å². The Labute approximate surface area is 179 Å². The highest BCUT2D eigenvalue weighted by molar-refractivity contribution is 6.33. The Kier molecular flexibility index (Phi) is 7.70. The van der Waals surface area contributed by atoms with Gasteiger partial charge in [0.2, 0.25) is 0 Å². The number of piperidine rings is 1. The molecule has 1 aliphatic rings. The maximum Gasteiger partial charge on any atom is 0.256 e. The Morgan fingerprint density at radius 3 is 2.55 bits per heavy atom. The molecule has 0 aromatic heterocycles. The fraction of sp³-hybridized carbons (Fsp3) is 0.458. The van der Waals surface area contributed by atoms with Crippen LogP contribution >= 0.6 is 11.6 Å². The van der Waals surface area contributed by atoms with E-state index in [2.05, 4.69) is 42.2 Å². The molecule has 2 aromatic carbocycles. The van der Waals surface area contributed by atoms with E-state index >= 15 is 0 Å². The SMILES string of the molecule is COC(C)C(=O)N(c1ccccc1Cl)[C@@H]1CCN(CCc2ccccc2)C[C@@H]1C. The molecule has 0 aliphatic carbocycles. The zero-order valence-electron chi connectivity index (χ0n) is 17.6. The smallest absolute Gasteiger partial charge is 0.256 e. The lowest BCUT2D eigenvalue weighted by atomic mass is 9.91. The standard InChI is InChI=1S/C24H31ClN2O2/c1-18-17-26(15-13-20-9-5-4-6-10-20)16-14-22(18)27(24(28)19(2)29-3)23-12-8-7-11-21(23)25/h4-12,18-19,22H,13-17H2,1-3H3/t18-,19?,22+/m0/s1. The van der Waals surface area contributed by atoms with Gasteiger partial charge in [0.15, 0.2) is 0 Å². The number of methoxy groups -OCH3 is 1. The number of nitrogens with zero attached hydrogens (tertiary/aromatic N) is 2. The van der Waals surface area contributed by atoms with Crippen molar-refractivity contribution in [1.82, 2.24) is 4.90 Å². The van der Waals surface area contributed by atoms with Crippen LogP contribution in [0.3, 0.4) is 0 Å². The minimum absolute atomic E-state index is 0.0322. The molecular formula is C24H31ClN2O2. The first kappa shape index (κ1) is 21.8. The van der Waals surface area contributed by atoms with Crippen molar-refractivity contribution in [2.24, 2.45) is 5.92 Å².